The van der Waals surface area contributed by atoms with Crippen LogP contribution in [0.2, 0.25) is 0 Å². The quantitative estimate of drug-likeness (QED) is 0.0502. The Hall–Kier alpha value is -2.29. The molecule has 1 aromatic heterocycles. The molecule has 0 radical (unpaired) electrons. The van der Waals surface area contributed by atoms with E-state index in [0.29, 0.717) is 4.68 Å². The monoisotopic (exact) mass is 810 g/mol. The van der Waals surface area contributed by atoms with Gasteiger partial charge in [0.25, 0.3) is 5.56 Å². The Labute approximate surface area is 369 Å². The molecule has 1 heterocycles. The maximum Gasteiger partial charge on any atom is 1.00 e. The largest absolute Gasteiger partial charge is 1.00 e. The summed E-state index contributed by atoms with van der Waals surface area (Å²) in [6.07, 6.45) is -1.31. The van der Waals surface area contributed by atoms with Crippen LogP contribution >= 0.6 is 0 Å². The summed E-state index contributed by atoms with van der Waals surface area (Å²) in [5.74, 6) is -4.42. The van der Waals surface area contributed by atoms with E-state index < -0.39 is 89.3 Å². The smallest absolute Gasteiger partial charge is 0.744 e. The van der Waals surface area contributed by atoms with Gasteiger partial charge in [-0.05, 0) is 69.3 Å². The number of nitrogens with one attached hydrogen (secondary N) is 1. The van der Waals surface area contributed by atoms with Crippen molar-refractivity contribution in [1.29, 1.82) is 0 Å². The van der Waals surface area contributed by atoms with Gasteiger partial charge in [0.2, 0.25) is 0 Å². The summed E-state index contributed by atoms with van der Waals surface area (Å²) in [5.41, 5.74) is -4.65. The van der Waals surface area contributed by atoms with Gasteiger partial charge in [0, 0.05) is 0 Å². The fraction of sp³-hybridized carbons (Fsp3) is 0.321. The summed E-state index contributed by atoms with van der Waals surface area (Å²) in [4.78, 5) is 57.2. The van der Waals surface area contributed by atoms with E-state index in [0.717, 1.165) is 48.5 Å². The number of ether oxygens (including phenoxy) is 3. The second-order valence-electron chi connectivity index (χ2n) is 9.58. The van der Waals surface area contributed by atoms with Crippen LogP contribution in [0.1, 0.15) is 44.1 Å². The molecule has 0 saturated heterocycles. The van der Waals surface area contributed by atoms with Gasteiger partial charge in [0.05, 0.1) is 59.8 Å². The average molecular weight is 811 g/mol. The number of nitrogens with zero attached hydrogens (tertiary/aromatic N) is 3. The van der Waals surface area contributed by atoms with Crippen LogP contribution in [-0.4, -0.2) is 90.1 Å². The molecule has 0 atom stereocenters. The van der Waals surface area contributed by atoms with Gasteiger partial charge in [-0.15, -0.1) is 5.11 Å². The number of carboxylic acid groups (broad SMARTS) is 1. The SMILES string of the molecule is CCOC(=O)CC(O)(CC(=O)OCC)C(=O)OCC.O=C([O-])c1[nH]n(-c2ccc(S(=O)(=O)[O-])cc2)c(=O)c1N=Nc1ccc(S(=O)(=O)[O-])cc1.[Na+].[Na+].[Na+]. The van der Waals surface area contributed by atoms with Gasteiger partial charge >= 0.3 is 107 Å². The van der Waals surface area contributed by atoms with E-state index in [-0.39, 0.29) is 120 Å². The molecule has 0 spiro atoms. The molecule has 0 unspecified atom stereocenters. The Morgan fingerprint density at radius 2 is 1.17 bits per heavy atom. The first-order valence-electron chi connectivity index (χ1n) is 14.1. The number of aromatic amines is 1. The number of aromatic nitrogens is 2. The Bertz CT molecular complexity index is 2000. The Kier molecular flexibility index (Phi) is 23.5. The van der Waals surface area contributed by atoms with Gasteiger partial charge in [0.15, 0.2) is 11.3 Å². The molecule has 0 amide bonds. The molecule has 0 fully saturated rings. The van der Waals surface area contributed by atoms with E-state index in [1.807, 2.05) is 0 Å². The third kappa shape index (κ3) is 16.1. The number of carbonyl (C=O) groups excluding carboxylic acids is 4. The Balaban J connectivity index is 0. The predicted octanol–water partition coefficient (Wildman–Crippen LogP) is -9.05. The number of aromatic carboxylic acids is 1. The molecule has 0 aliphatic carbocycles. The maximum atomic E-state index is 12.6. The molecule has 0 bridgehead atoms. The van der Waals surface area contributed by atoms with Crippen LogP contribution in [0.25, 0.3) is 5.69 Å². The van der Waals surface area contributed by atoms with Crippen LogP contribution < -0.4 is 99.3 Å². The molecule has 2 aromatic carbocycles. The summed E-state index contributed by atoms with van der Waals surface area (Å²) in [7, 11) is -9.40. The molecule has 0 aliphatic heterocycles. The van der Waals surface area contributed by atoms with Gasteiger partial charge in [-0.2, -0.15) is 5.11 Å². The number of hydrogen-bond donors (Lipinski definition) is 2. The van der Waals surface area contributed by atoms with Crippen LogP contribution in [-0.2, 0) is 48.8 Å². The maximum absolute atomic E-state index is 12.6. The number of benzene rings is 2. The van der Waals surface area contributed by atoms with Gasteiger partial charge < -0.3 is 38.3 Å². The number of carbonyl (C=O) groups is 4. The van der Waals surface area contributed by atoms with Crippen LogP contribution in [0.4, 0.5) is 11.4 Å². The topological polar surface area (TPSA) is 316 Å². The van der Waals surface area contributed by atoms with Crippen molar-refractivity contribution < 1.29 is 158 Å². The number of rotatable bonds is 14. The van der Waals surface area contributed by atoms with E-state index >= 15 is 0 Å². The zero-order valence-corrected chi connectivity index (χ0v) is 37.0. The second-order valence-corrected chi connectivity index (χ2v) is 12.3. The van der Waals surface area contributed by atoms with E-state index in [1.54, 1.807) is 20.8 Å². The number of hydrogen-bond acceptors (Lipinski definition) is 18. The van der Waals surface area contributed by atoms with Crippen molar-refractivity contribution in [3.8, 4) is 5.69 Å². The number of carboxylic acids is 1. The molecule has 53 heavy (non-hydrogen) atoms. The minimum atomic E-state index is -4.72. The van der Waals surface area contributed by atoms with Crippen molar-refractivity contribution in [1.82, 2.24) is 9.78 Å². The van der Waals surface area contributed by atoms with Crippen LogP contribution in [0.3, 0.4) is 0 Å². The summed E-state index contributed by atoms with van der Waals surface area (Å²) in [5, 5.41) is 30.9. The Morgan fingerprint density at radius 3 is 1.55 bits per heavy atom. The number of aliphatic hydroxyl groups is 1. The molecular formula is C28H29N4Na3O16S2. The molecular weight excluding hydrogens is 781 g/mol. The standard InChI is InChI=1S/C16H12N4O9S2.C12H20O7.3Na/c21-15-13(18-17-9-1-5-11(6-2-9)30(24,25)26)14(16(22)23)19-20(15)10-3-7-12(8-4-10)31(27,28)29;1-4-17-9(13)7-12(16,11(15)19-6-3)8-10(14)18-5-2;;;/h1-8,19H,(H,22,23)(H,24,25,26)(H,27,28,29);16H,4-8H2,1-3H3;;;/q;;3*+1/p-3. The molecule has 272 valence electrons. The molecule has 20 nitrogen and oxygen atoms in total. The average Bonchev–Trinajstić information content (AvgIpc) is 3.36. The molecule has 25 heteroatoms. The van der Waals surface area contributed by atoms with Gasteiger partial charge in [-0.1, -0.05) is 0 Å². The minimum absolute atomic E-state index is 0. The van der Waals surface area contributed by atoms with Crippen molar-refractivity contribution in [3.63, 3.8) is 0 Å². The molecule has 2 N–H and O–H groups in total. The first-order valence-corrected chi connectivity index (χ1v) is 16.9. The molecule has 0 aliphatic rings. The van der Waals surface area contributed by atoms with Crippen molar-refractivity contribution in [2.75, 3.05) is 19.8 Å². The Morgan fingerprint density at radius 1 is 0.755 bits per heavy atom. The van der Waals surface area contributed by atoms with E-state index in [1.165, 1.54) is 0 Å². The predicted molar refractivity (Wildman–Crippen MR) is 161 cm³/mol. The van der Waals surface area contributed by atoms with Crippen LogP contribution in [0, 0.1) is 0 Å². The fourth-order valence-electron chi connectivity index (χ4n) is 3.77. The van der Waals surface area contributed by atoms with Crippen molar-refractivity contribution in [2.45, 2.75) is 49.0 Å². The van der Waals surface area contributed by atoms with Crippen LogP contribution in [0.5, 0.6) is 0 Å². The summed E-state index contributed by atoms with van der Waals surface area (Å²) >= 11 is 0. The zero-order chi connectivity index (χ0) is 37.9. The van der Waals surface area contributed by atoms with Gasteiger partial charge in [-0.25, -0.2) is 26.3 Å². The van der Waals surface area contributed by atoms with E-state index in [2.05, 4.69) is 29.5 Å². The van der Waals surface area contributed by atoms with Crippen LogP contribution in [0.15, 0.2) is 73.3 Å². The second kappa shape index (κ2) is 23.6. The van der Waals surface area contributed by atoms with E-state index in [4.69, 9.17) is 0 Å². The molecule has 3 rings (SSSR count). The number of esters is 3. The number of azo groups is 1. The third-order valence-corrected chi connectivity index (χ3v) is 7.68. The van der Waals surface area contributed by atoms with Crippen molar-refractivity contribution in [3.05, 3.63) is 64.6 Å². The molecule has 0 saturated carbocycles. The van der Waals surface area contributed by atoms with Gasteiger partial charge in [0.1, 0.15) is 25.9 Å². The first-order chi connectivity index (χ1) is 23.3. The van der Waals surface area contributed by atoms with Crippen molar-refractivity contribution in [2.24, 2.45) is 10.2 Å². The normalized spacial score (nSPS) is 11.1. The summed E-state index contributed by atoms with van der Waals surface area (Å²) in [6, 6.07) is 8.16. The number of H-pyrrole nitrogens is 1. The van der Waals surface area contributed by atoms with Crippen molar-refractivity contribution >= 4 is 55.5 Å². The van der Waals surface area contributed by atoms with E-state index in [9.17, 15) is 60.1 Å². The minimum Gasteiger partial charge on any atom is -0.744 e. The fourth-order valence-corrected chi connectivity index (χ4v) is 4.71. The summed E-state index contributed by atoms with van der Waals surface area (Å²) < 4.78 is 80.4. The third-order valence-electron chi connectivity index (χ3n) is 5.98. The first kappa shape index (κ1) is 52.8. The van der Waals surface area contributed by atoms with Gasteiger partial charge in [-0.3, -0.25) is 19.5 Å². The zero-order valence-electron chi connectivity index (χ0n) is 29.4. The molecule has 3 aromatic rings. The summed E-state index contributed by atoms with van der Waals surface area (Å²) in [6.45, 7) is 4.97.